The summed E-state index contributed by atoms with van der Waals surface area (Å²) in [6.07, 6.45) is 6.14. The average molecular weight is 417 g/mol. The Hall–Kier alpha value is -4.08. The Kier molecular flexibility index (Phi) is 4.66. The van der Waals surface area contributed by atoms with E-state index in [-0.39, 0.29) is 28.9 Å². The van der Waals surface area contributed by atoms with E-state index in [0.717, 1.165) is 18.4 Å². The van der Waals surface area contributed by atoms with Gasteiger partial charge in [-0.3, -0.25) is 23.8 Å². The second kappa shape index (κ2) is 7.63. The van der Waals surface area contributed by atoms with E-state index < -0.39 is 11.2 Å². The molecule has 1 aliphatic carbocycles. The van der Waals surface area contributed by atoms with Crippen LogP contribution in [-0.2, 0) is 6.54 Å². The first-order valence-corrected chi connectivity index (χ1v) is 9.93. The van der Waals surface area contributed by atoms with Gasteiger partial charge < -0.3 is 5.32 Å². The predicted molar refractivity (Wildman–Crippen MR) is 112 cm³/mol. The van der Waals surface area contributed by atoms with E-state index in [1.807, 2.05) is 30.3 Å². The first kappa shape index (κ1) is 18.9. The maximum atomic E-state index is 13.0. The van der Waals surface area contributed by atoms with Crippen LogP contribution >= 0.6 is 0 Å². The summed E-state index contributed by atoms with van der Waals surface area (Å²) in [5.41, 5.74) is 0.414. The number of nitrogens with one attached hydrogen (secondary N) is 2. The molecule has 0 spiro atoms. The van der Waals surface area contributed by atoms with Crippen LogP contribution in [0.1, 0.15) is 40.8 Å². The zero-order valence-corrected chi connectivity index (χ0v) is 16.4. The molecule has 4 aromatic rings. The van der Waals surface area contributed by atoms with Crippen molar-refractivity contribution >= 4 is 16.9 Å². The van der Waals surface area contributed by atoms with Crippen molar-refractivity contribution in [1.29, 1.82) is 0 Å². The number of benzene rings is 1. The SMILES string of the molecule is O=C(NC(Cn1cncn1)c1ccccc1)c1cnc2c(c1)c(=O)[nH]c(=O)n2C1CC1. The summed E-state index contributed by atoms with van der Waals surface area (Å²) >= 11 is 0. The highest BCUT2D eigenvalue weighted by Crippen LogP contribution is 2.34. The summed E-state index contributed by atoms with van der Waals surface area (Å²) in [7, 11) is 0. The van der Waals surface area contributed by atoms with Gasteiger partial charge in [0.15, 0.2) is 0 Å². The van der Waals surface area contributed by atoms with Gasteiger partial charge in [-0.2, -0.15) is 5.10 Å². The van der Waals surface area contributed by atoms with Crippen LogP contribution in [0, 0.1) is 0 Å². The lowest BCUT2D eigenvalue weighted by atomic mass is 10.1. The zero-order valence-electron chi connectivity index (χ0n) is 16.4. The van der Waals surface area contributed by atoms with Crippen LogP contribution in [0.25, 0.3) is 11.0 Å². The molecule has 1 fully saturated rings. The topological polar surface area (TPSA) is 128 Å². The van der Waals surface area contributed by atoms with Crippen molar-refractivity contribution in [3.05, 3.63) is 87.2 Å². The zero-order chi connectivity index (χ0) is 21.4. The normalized spacial score (nSPS) is 14.5. The van der Waals surface area contributed by atoms with Crippen LogP contribution in [0.15, 0.2) is 64.8 Å². The fourth-order valence-electron chi connectivity index (χ4n) is 3.61. The number of aromatic nitrogens is 6. The van der Waals surface area contributed by atoms with Gasteiger partial charge in [-0.15, -0.1) is 0 Å². The number of hydrogen-bond donors (Lipinski definition) is 2. The number of hydrogen-bond acceptors (Lipinski definition) is 6. The minimum Gasteiger partial charge on any atom is -0.343 e. The van der Waals surface area contributed by atoms with Crippen LogP contribution < -0.4 is 16.6 Å². The van der Waals surface area contributed by atoms with E-state index in [4.69, 9.17) is 0 Å². The van der Waals surface area contributed by atoms with Gasteiger partial charge in [0.1, 0.15) is 18.3 Å². The molecule has 3 aromatic heterocycles. The van der Waals surface area contributed by atoms with Crippen molar-refractivity contribution < 1.29 is 4.79 Å². The Balaban J connectivity index is 1.48. The molecule has 1 unspecified atom stereocenters. The molecule has 1 aliphatic rings. The molecule has 0 bridgehead atoms. The number of rotatable bonds is 6. The molecule has 31 heavy (non-hydrogen) atoms. The predicted octanol–water partition coefficient (Wildman–Crippen LogP) is 1.18. The van der Waals surface area contributed by atoms with Gasteiger partial charge in [-0.05, 0) is 24.5 Å². The van der Waals surface area contributed by atoms with Gasteiger partial charge in [0.25, 0.3) is 11.5 Å². The molecular weight excluding hydrogens is 398 g/mol. The minimum atomic E-state index is -0.554. The lowest BCUT2D eigenvalue weighted by Gasteiger charge is -2.19. The monoisotopic (exact) mass is 417 g/mol. The van der Waals surface area contributed by atoms with E-state index in [9.17, 15) is 14.4 Å². The van der Waals surface area contributed by atoms with Crippen LogP contribution in [0.5, 0.6) is 0 Å². The average Bonchev–Trinajstić information content (AvgIpc) is 3.48. The fraction of sp³-hybridized carbons (Fsp3) is 0.238. The number of fused-ring (bicyclic) bond motifs is 1. The van der Waals surface area contributed by atoms with E-state index >= 15 is 0 Å². The molecule has 0 saturated heterocycles. The smallest absolute Gasteiger partial charge is 0.330 e. The number of carbonyl (C=O) groups excluding carboxylic acids is 1. The second-order valence-electron chi connectivity index (χ2n) is 7.51. The van der Waals surface area contributed by atoms with E-state index in [2.05, 4.69) is 25.4 Å². The minimum absolute atomic E-state index is 0.0455. The first-order valence-electron chi connectivity index (χ1n) is 9.93. The number of pyridine rings is 1. The van der Waals surface area contributed by atoms with Crippen LogP contribution in [0.2, 0.25) is 0 Å². The maximum Gasteiger partial charge on any atom is 0.330 e. The summed E-state index contributed by atoms with van der Waals surface area (Å²) in [5, 5.41) is 7.32. The Morgan fingerprint density at radius 1 is 1.23 bits per heavy atom. The van der Waals surface area contributed by atoms with Gasteiger partial charge in [0.2, 0.25) is 0 Å². The number of nitrogens with zero attached hydrogens (tertiary/aromatic N) is 5. The summed E-state index contributed by atoms with van der Waals surface area (Å²) < 4.78 is 3.13. The van der Waals surface area contributed by atoms with Crippen molar-refractivity contribution in [2.45, 2.75) is 31.5 Å². The van der Waals surface area contributed by atoms with Crippen molar-refractivity contribution in [3.8, 4) is 0 Å². The molecule has 1 aromatic carbocycles. The summed E-state index contributed by atoms with van der Waals surface area (Å²) in [4.78, 5) is 48.2. The van der Waals surface area contributed by atoms with Gasteiger partial charge in [-0.1, -0.05) is 30.3 Å². The van der Waals surface area contributed by atoms with Crippen molar-refractivity contribution in [2.24, 2.45) is 0 Å². The van der Waals surface area contributed by atoms with Crippen LogP contribution in [-0.4, -0.2) is 35.2 Å². The van der Waals surface area contributed by atoms with E-state index in [0.29, 0.717) is 12.2 Å². The van der Waals surface area contributed by atoms with Crippen molar-refractivity contribution in [2.75, 3.05) is 0 Å². The third kappa shape index (κ3) is 3.75. The lowest BCUT2D eigenvalue weighted by Crippen LogP contribution is -2.33. The molecule has 5 rings (SSSR count). The molecule has 3 heterocycles. The number of carbonyl (C=O) groups is 1. The maximum absolute atomic E-state index is 13.0. The van der Waals surface area contributed by atoms with Gasteiger partial charge in [0.05, 0.1) is 23.5 Å². The fourth-order valence-corrected chi connectivity index (χ4v) is 3.61. The summed E-state index contributed by atoms with van der Waals surface area (Å²) in [5.74, 6) is -0.382. The van der Waals surface area contributed by atoms with Crippen molar-refractivity contribution in [3.63, 3.8) is 0 Å². The molecule has 1 saturated carbocycles. The molecule has 10 nitrogen and oxygen atoms in total. The third-order valence-corrected chi connectivity index (χ3v) is 5.30. The summed E-state index contributed by atoms with van der Waals surface area (Å²) in [6, 6.07) is 10.7. The Labute approximate surface area is 175 Å². The number of amides is 1. The van der Waals surface area contributed by atoms with E-state index in [1.54, 1.807) is 11.0 Å². The highest BCUT2D eigenvalue weighted by molar-refractivity contribution is 5.97. The molecule has 10 heteroatoms. The number of aromatic amines is 1. The van der Waals surface area contributed by atoms with Crippen LogP contribution in [0.3, 0.4) is 0 Å². The Bertz CT molecular complexity index is 1360. The first-order chi connectivity index (χ1) is 15.1. The standard InChI is InChI=1S/C21H19N7O3/c29-19(25-17(10-27-12-22-11-24-27)13-4-2-1-3-5-13)14-8-16-18(23-9-14)28(15-6-7-15)21(31)26-20(16)30/h1-5,8-9,11-12,15,17H,6-7,10H2,(H,25,29)(H,26,30,31). The Morgan fingerprint density at radius 3 is 2.74 bits per heavy atom. The van der Waals surface area contributed by atoms with Gasteiger partial charge in [0, 0.05) is 12.2 Å². The largest absolute Gasteiger partial charge is 0.343 e. The van der Waals surface area contributed by atoms with Crippen LogP contribution in [0.4, 0.5) is 0 Å². The molecule has 1 atom stereocenters. The highest BCUT2D eigenvalue weighted by Gasteiger charge is 2.28. The highest BCUT2D eigenvalue weighted by atomic mass is 16.2. The molecule has 0 radical (unpaired) electrons. The quantitative estimate of drug-likeness (QED) is 0.485. The molecular formula is C21H19N7O3. The molecule has 0 aliphatic heterocycles. The molecule has 156 valence electrons. The molecule has 2 N–H and O–H groups in total. The molecule has 1 amide bonds. The second-order valence-corrected chi connectivity index (χ2v) is 7.51. The third-order valence-electron chi connectivity index (χ3n) is 5.30. The van der Waals surface area contributed by atoms with Gasteiger partial charge in [-0.25, -0.2) is 14.8 Å². The van der Waals surface area contributed by atoms with Gasteiger partial charge >= 0.3 is 5.69 Å². The summed E-state index contributed by atoms with van der Waals surface area (Å²) in [6.45, 7) is 0.387. The lowest BCUT2D eigenvalue weighted by molar-refractivity contribution is 0.0931. The van der Waals surface area contributed by atoms with E-state index in [1.165, 1.54) is 23.2 Å². The van der Waals surface area contributed by atoms with Crippen molar-refractivity contribution in [1.82, 2.24) is 34.6 Å². The Morgan fingerprint density at radius 2 is 2.03 bits per heavy atom. The number of H-pyrrole nitrogens is 1.